The van der Waals surface area contributed by atoms with Crippen LogP contribution in [0.5, 0.6) is 5.75 Å². The quantitative estimate of drug-likeness (QED) is 0.119. The van der Waals surface area contributed by atoms with Crippen molar-refractivity contribution in [2.24, 2.45) is 11.8 Å². The van der Waals surface area contributed by atoms with Crippen LogP contribution in [-0.2, 0) is 33.0 Å². The van der Waals surface area contributed by atoms with Crippen LogP contribution >= 0.6 is 11.3 Å². The predicted octanol–water partition coefficient (Wildman–Crippen LogP) is 6.22. The number of hydrogen-bond donors (Lipinski definition) is 0. The predicted molar refractivity (Wildman–Crippen MR) is 191 cm³/mol. The first-order valence-corrected chi connectivity index (χ1v) is 17.4. The molecule has 0 spiro atoms. The Labute approximate surface area is 294 Å². The van der Waals surface area contributed by atoms with E-state index in [9.17, 15) is 18.8 Å². The van der Waals surface area contributed by atoms with Crippen molar-refractivity contribution in [3.8, 4) is 10.8 Å². The smallest absolute Gasteiger partial charge is 0.333 e. The number of ether oxygens (including phenoxy) is 3. The zero-order valence-electron chi connectivity index (χ0n) is 29.5. The Morgan fingerprint density at radius 1 is 1.02 bits per heavy atom. The molecular weight excluding hydrogens is 662 g/mol. The molecule has 5 aromatic rings. The summed E-state index contributed by atoms with van der Waals surface area (Å²) in [4.78, 5) is 44.3. The van der Waals surface area contributed by atoms with E-state index in [-0.39, 0.29) is 42.6 Å². The molecule has 0 bridgehead atoms. The molecule has 0 aliphatic rings. The highest BCUT2D eigenvalue weighted by Crippen LogP contribution is 2.35. The highest BCUT2D eigenvalue weighted by molar-refractivity contribution is 7.21. The SMILES string of the molecule is COc1ccc(F)cc1[C@H](Cn1c(=O)n(C(C)(C)C(=O)CC(C)C)c(=O)c2c(C)c(-n3nccn3)sc21)OCC(C)COCc1ccccc1. The molecule has 0 saturated carbocycles. The van der Waals surface area contributed by atoms with Gasteiger partial charge in [0, 0.05) is 23.5 Å². The summed E-state index contributed by atoms with van der Waals surface area (Å²) >= 11 is 1.18. The van der Waals surface area contributed by atoms with E-state index in [1.807, 2.05) is 51.1 Å². The van der Waals surface area contributed by atoms with Gasteiger partial charge in [-0.3, -0.25) is 14.2 Å². The first-order chi connectivity index (χ1) is 23.8. The molecule has 0 aliphatic heterocycles. The Morgan fingerprint density at radius 3 is 2.38 bits per heavy atom. The topological polar surface area (TPSA) is 119 Å². The van der Waals surface area contributed by atoms with Crippen molar-refractivity contribution in [2.75, 3.05) is 20.3 Å². The Bertz CT molecular complexity index is 2050. The van der Waals surface area contributed by atoms with Gasteiger partial charge in [0.25, 0.3) is 5.56 Å². The van der Waals surface area contributed by atoms with Gasteiger partial charge in [-0.15, -0.1) is 4.80 Å². The number of rotatable bonds is 16. The molecular formula is C37H44FN5O6S. The summed E-state index contributed by atoms with van der Waals surface area (Å²) in [5.74, 6) is -0.432. The lowest BCUT2D eigenvalue weighted by Gasteiger charge is -2.28. The van der Waals surface area contributed by atoms with Crippen LogP contribution < -0.4 is 16.0 Å². The number of carbonyl (C=O) groups is 1. The normalized spacial score (nSPS) is 13.2. The summed E-state index contributed by atoms with van der Waals surface area (Å²) in [6.45, 7) is 11.7. The number of halogens is 1. The molecule has 0 N–H and O–H groups in total. The number of methoxy groups -OCH3 is 1. The minimum absolute atomic E-state index is 0.0145. The molecule has 13 heteroatoms. The average molecular weight is 706 g/mol. The summed E-state index contributed by atoms with van der Waals surface area (Å²) in [5.41, 5.74) is -0.739. The number of aromatic nitrogens is 5. The van der Waals surface area contributed by atoms with Gasteiger partial charge in [-0.1, -0.05) is 62.4 Å². The maximum atomic E-state index is 14.8. The molecule has 2 atom stereocenters. The Balaban J connectivity index is 1.61. The number of ketones is 1. The van der Waals surface area contributed by atoms with E-state index in [1.54, 1.807) is 20.8 Å². The molecule has 0 saturated heterocycles. The van der Waals surface area contributed by atoms with Crippen LogP contribution in [0.4, 0.5) is 4.39 Å². The van der Waals surface area contributed by atoms with E-state index < -0.39 is 28.7 Å². The highest BCUT2D eigenvalue weighted by atomic mass is 32.1. The van der Waals surface area contributed by atoms with Crippen LogP contribution in [0.3, 0.4) is 0 Å². The standard InChI is InChI=1S/C37H44FN5O6S/c1-23(2)17-31(44)37(5,6)42-33(45)32-25(4)34(43-39-15-16-40-43)50-35(32)41(36(42)46)19-30(28-18-27(38)13-14-29(28)47-7)49-21-24(3)20-48-22-26-11-9-8-10-12-26/h8-16,18,23-24,30H,17,19-22H2,1-7H3/t24?,30-/m0/s1. The van der Waals surface area contributed by atoms with Gasteiger partial charge in [-0.05, 0) is 50.5 Å². The minimum Gasteiger partial charge on any atom is -0.496 e. The zero-order valence-corrected chi connectivity index (χ0v) is 30.3. The third-order valence-electron chi connectivity index (χ3n) is 8.61. The second-order valence-corrected chi connectivity index (χ2v) is 14.4. The van der Waals surface area contributed by atoms with Crippen LogP contribution in [0.1, 0.15) is 63.8 Å². The summed E-state index contributed by atoms with van der Waals surface area (Å²) in [7, 11) is 1.48. The van der Waals surface area contributed by atoms with E-state index in [2.05, 4.69) is 10.2 Å². The van der Waals surface area contributed by atoms with Gasteiger partial charge >= 0.3 is 5.69 Å². The molecule has 1 unspecified atom stereocenters. The number of nitrogens with zero attached hydrogens (tertiary/aromatic N) is 5. The third-order valence-corrected chi connectivity index (χ3v) is 9.89. The number of carbonyl (C=O) groups excluding carboxylic acids is 1. The van der Waals surface area contributed by atoms with Crippen LogP contribution in [0.2, 0.25) is 0 Å². The van der Waals surface area contributed by atoms with Crippen molar-refractivity contribution in [1.82, 2.24) is 24.1 Å². The molecule has 0 fully saturated rings. The van der Waals surface area contributed by atoms with Gasteiger partial charge in [-0.2, -0.15) is 10.2 Å². The van der Waals surface area contributed by atoms with Crippen LogP contribution in [0.25, 0.3) is 15.2 Å². The van der Waals surface area contributed by atoms with Gasteiger partial charge in [0.15, 0.2) is 5.78 Å². The Kier molecular flexibility index (Phi) is 11.5. The molecule has 50 heavy (non-hydrogen) atoms. The lowest BCUT2D eigenvalue weighted by molar-refractivity contribution is -0.127. The summed E-state index contributed by atoms with van der Waals surface area (Å²) in [5, 5.41) is 9.33. The molecule has 266 valence electrons. The van der Waals surface area contributed by atoms with Crippen LogP contribution in [-0.4, -0.2) is 50.2 Å². The lowest BCUT2D eigenvalue weighted by atomic mass is 9.91. The summed E-state index contributed by atoms with van der Waals surface area (Å²) < 4.78 is 35.4. The number of thiophene rings is 1. The number of fused-ring (bicyclic) bond motifs is 1. The van der Waals surface area contributed by atoms with Crippen molar-refractivity contribution >= 4 is 27.3 Å². The third kappa shape index (κ3) is 7.79. The van der Waals surface area contributed by atoms with Crippen molar-refractivity contribution in [3.63, 3.8) is 0 Å². The lowest BCUT2D eigenvalue weighted by Crippen LogP contribution is -2.53. The largest absolute Gasteiger partial charge is 0.496 e. The van der Waals surface area contributed by atoms with Gasteiger partial charge in [0.1, 0.15) is 33.0 Å². The van der Waals surface area contributed by atoms with Crippen molar-refractivity contribution < 1.29 is 23.4 Å². The van der Waals surface area contributed by atoms with Gasteiger partial charge in [0.05, 0.1) is 51.3 Å². The van der Waals surface area contributed by atoms with E-state index in [1.165, 1.54) is 58.4 Å². The fourth-order valence-electron chi connectivity index (χ4n) is 5.89. The second kappa shape index (κ2) is 15.6. The molecule has 0 aliphatic carbocycles. The second-order valence-electron chi connectivity index (χ2n) is 13.5. The van der Waals surface area contributed by atoms with Crippen LogP contribution in [0, 0.1) is 24.6 Å². The van der Waals surface area contributed by atoms with Crippen molar-refractivity contribution in [3.05, 3.63) is 104 Å². The van der Waals surface area contributed by atoms with Crippen molar-refractivity contribution in [1.29, 1.82) is 0 Å². The molecule has 11 nitrogen and oxygen atoms in total. The van der Waals surface area contributed by atoms with Crippen molar-refractivity contribution in [2.45, 2.75) is 72.8 Å². The average Bonchev–Trinajstić information content (AvgIpc) is 3.73. The van der Waals surface area contributed by atoms with Gasteiger partial charge in [0.2, 0.25) is 0 Å². The minimum atomic E-state index is -1.47. The van der Waals surface area contributed by atoms with E-state index in [0.29, 0.717) is 39.9 Å². The highest BCUT2D eigenvalue weighted by Gasteiger charge is 2.36. The summed E-state index contributed by atoms with van der Waals surface area (Å²) in [6.07, 6.45) is 2.33. The fraction of sp³-hybridized carbons (Fsp3) is 0.432. The molecule has 5 rings (SSSR count). The summed E-state index contributed by atoms with van der Waals surface area (Å²) in [6, 6.07) is 14.0. The number of Topliss-reactive ketones (excluding diaryl/α,β-unsaturated/α-hetero) is 1. The number of hydrogen-bond acceptors (Lipinski definition) is 9. The Morgan fingerprint density at radius 2 is 1.72 bits per heavy atom. The van der Waals surface area contributed by atoms with Crippen LogP contribution in [0.15, 0.2) is 70.5 Å². The number of aryl methyl sites for hydroxylation is 1. The van der Waals surface area contributed by atoms with Gasteiger partial charge in [-0.25, -0.2) is 13.8 Å². The van der Waals surface area contributed by atoms with Gasteiger partial charge < -0.3 is 14.2 Å². The maximum absolute atomic E-state index is 14.8. The Hall–Kier alpha value is -4.46. The zero-order chi connectivity index (χ0) is 36.2. The fourth-order valence-corrected chi connectivity index (χ4v) is 7.11. The molecule has 3 heterocycles. The molecule has 0 radical (unpaired) electrons. The van der Waals surface area contributed by atoms with E-state index in [0.717, 1.165) is 10.1 Å². The first-order valence-electron chi connectivity index (χ1n) is 16.6. The van der Waals surface area contributed by atoms with E-state index >= 15 is 0 Å². The molecule has 0 amide bonds. The van der Waals surface area contributed by atoms with E-state index in [4.69, 9.17) is 14.2 Å². The molecule has 2 aromatic carbocycles. The maximum Gasteiger partial charge on any atom is 0.333 e. The number of benzene rings is 2. The first kappa shape index (κ1) is 36.8. The monoisotopic (exact) mass is 705 g/mol. The molecule has 3 aromatic heterocycles.